The molecule has 1 aliphatic heterocycles. The molecule has 1 fully saturated rings. The minimum absolute atomic E-state index is 0.0932. The van der Waals surface area contributed by atoms with E-state index in [0.29, 0.717) is 22.9 Å². The number of carbonyl (C=O) groups is 1. The van der Waals surface area contributed by atoms with Crippen molar-refractivity contribution in [1.82, 2.24) is 29.0 Å². The second-order valence-electron chi connectivity index (χ2n) is 7.92. The molecule has 0 atom stereocenters. The number of nitrogens with zero attached hydrogens (tertiary/aromatic N) is 6. The lowest BCUT2D eigenvalue weighted by molar-refractivity contribution is -0.130. The Balaban J connectivity index is 1.30. The first kappa shape index (κ1) is 21.9. The quantitative estimate of drug-likeness (QED) is 0.299. The Bertz CT molecular complexity index is 1350. The molecule has 0 N–H and O–H groups in total. The number of aromatic nitrogens is 4. The topological polar surface area (TPSA) is 75.7 Å². The predicted octanol–water partition coefficient (Wildman–Crippen LogP) is 2.73. The van der Waals surface area contributed by atoms with Gasteiger partial charge in [0.2, 0.25) is 11.7 Å². The molecule has 1 aromatic carbocycles. The van der Waals surface area contributed by atoms with Crippen LogP contribution in [-0.2, 0) is 17.9 Å². The Morgan fingerprint density at radius 1 is 1.15 bits per heavy atom. The highest BCUT2D eigenvalue weighted by Gasteiger charge is 2.23. The molecule has 0 radical (unpaired) electrons. The smallest absolute Gasteiger partial charge is 0.263 e. The predicted molar refractivity (Wildman–Crippen MR) is 132 cm³/mol. The van der Waals surface area contributed by atoms with Crippen molar-refractivity contribution < 1.29 is 4.79 Å². The fourth-order valence-corrected chi connectivity index (χ4v) is 5.64. The van der Waals surface area contributed by atoms with Gasteiger partial charge in [0, 0.05) is 39.3 Å². The molecule has 1 aliphatic rings. The molecule has 0 saturated carbocycles. The summed E-state index contributed by atoms with van der Waals surface area (Å²) in [6.07, 6.45) is 1.67. The second-order valence-corrected chi connectivity index (χ2v) is 9.64. The number of thioether (sulfide) groups is 1. The molecule has 0 bridgehead atoms. The minimum atomic E-state index is -0.127. The maximum atomic E-state index is 12.9. The van der Waals surface area contributed by atoms with Crippen molar-refractivity contribution in [3.63, 3.8) is 0 Å². The van der Waals surface area contributed by atoms with Gasteiger partial charge in [-0.05, 0) is 34.5 Å². The van der Waals surface area contributed by atoms with E-state index in [4.69, 9.17) is 0 Å². The van der Waals surface area contributed by atoms with Crippen molar-refractivity contribution in [2.75, 3.05) is 31.9 Å². The molecule has 0 unspecified atom stereocenters. The molecule has 1 amide bonds. The van der Waals surface area contributed by atoms with Gasteiger partial charge in [-0.25, -0.2) is 0 Å². The van der Waals surface area contributed by atoms with Gasteiger partial charge in [0.25, 0.3) is 5.56 Å². The van der Waals surface area contributed by atoms with Gasteiger partial charge in [0.05, 0.1) is 16.7 Å². The van der Waals surface area contributed by atoms with Gasteiger partial charge in [-0.2, -0.15) is 11.3 Å². The summed E-state index contributed by atoms with van der Waals surface area (Å²) in [5.74, 6) is 0.825. The lowest BCUT2D eigenvalue weighted by atomic mass is 10.2. The summed E-state index contributed by atoms with van der Waals surface area (Å²) in [7, 11) is 0. The third kappa shape index (κ3) is 4.33. The van der Waals surface area contributed by atoms with E-state index in [9.17, 15) is 9.59 Å². The van der Waals surface area contributed by atoms with E-state index in [1.807, 2.05) is 27.5 Å². The van der Waals surface area contributed by atoms with E-state index in [1.165, 1.54) is 17.3 Å². The van der Waals surface area contributed by atoms with Gasteiger partial charge >= 0.3 is 0 Å². The SMILES string of the molecule is C=CCn1c(=O)c2ccccc2n2c(SCC(=O)N3CCN(Cc4ccsc4)CC3)nnc12. The summed E-state index contributed by atoms with van der Waals surface area (Å²) in [6.45, 7) is 8.23. The number of carbonyl (C=O) groups excluding carboxylic acids is 1. The first-order valence-electron chi connectivity index (χ1n) is 10.8. The molecule has 33 heavy (non-hydrogen) atoms. The maximum absolute atomic E-state index is 12.9. The molecule has 10 heteroatoms. The fraction of sp³-hybridized carbons (Fsp3) is 0.304. The van der Waals surface area contributed by atoms with Crippen molar-refractivity contribution in [2.24, 2.45) is 0 Å². The van der Waals surface area contributed by atoms with E-state index < -0.39 is 0 Å². The molecule has 170 valence electrons. The van der Waals surface area contributed by atoms with Gasteiger partial charge < -0.3 is 4.90 Å². The monoisotopic (exact) mass is 480 g/mol. The summed E-state index contributed by atoms with van der Waals surface area (Å²) >= 11 is 3.07. The van der Waals surface area contributed by atoms with E-state index in [1.54, 1.807) is 28.0 Å². The number of hydrogen-bond donors (Lipinski definition) is 0. The number of fused-ring (bicyclic) bond motifs is 3. The fourth-order valence-electron chi connectivity index (χ4n) is 4.13. The normalized spacial score (nSPS) is 14.8. The van der Waals surface area contributed by atoms with Crippen molar-refractivity contribution >= 4 is 45.7 Å². The van der Waals surface area contributed by atoms with Crippen LogP contribution in [0.5, 0.6) is 0 Å². The van der Waals surface area contributed by atoms with Crippen LogP contribution in [0.4, 0.5) is 0 Å². The van der Waals surface area contributed by atoms with Gasteiger partial charge in [-0.15, -0.1) is 16.8 Å². The van der Waals surface area contributed by atoms with Crippen LogP contribution in [0.25, 0.3) is 16.7 Å². The zero-order valence-electron chi connectivity index (χ0n) is 18.1. The standard InChI is InChI=1S/C23H24N6O2S2/c1-2-8-28-21(31)18-5-3-4-6-19(18)29-22(28)24-25-23(29)33-16-20(30)27-11-9-26(10-12-27)14-17-7-13-32-15-17/h2-7,13,15H,1,8-12,14,16H2. The largest absolute Gasteiger partial charge is 0.339 e. The molecule has 0 spiro atoms. The molecule has 4 aromatic rings. The van der Waals surface area contributed by atoms with Crippen LogP contribution in [0.2, 0.25) is 0 Å². The molecule has 8 nitrogen and oxygen atoms in total. The lowest BCUT2D eigenvalue weighted by Gasteiger charge is -2.34. The summed E-state index contributed by atoms with van der Waals surface area (Å²) in [6, 6.07) is 9.55. The highest BCUT2D eigenvalue weighted by atomic mass is 32.2. The Hall–Kier alpha value is -2.95. The van der Waals surface area contributed by atoms with Gasteiger partial charge in [0.15, 0.2) is 5.16 Å². The van der Waals surface area contributed by atoms with Crippen LogP contribution in [0.3, 0.4) is 0 Å². The first-order chi connectivity index (χ1) is 16.2. The Kier molecular flexibility index (Phi) is 6.30. The van der Waals surface area contributed by atoms with E-state index in [0.717, 1.165) is 38.2 Å². The zero-order chi connectivity index (χ0) is 22.8. The van der Waals surface area contributed by atoms with Crippen molar-refractivity contribution in [2.45, 2.75) is 18.2 Å². The maximum Gasteiger partial charge on any atom is 0.263 e. The molecule has 1 saturated heterocycles. The van der Waals surface area contributed by atoms with Gasteiger partial charge in [0.1, 0.15) is 0 Å². The van der Waals surface area contributed by atoms with Crippen molar-refractivity contribution in [3.8, 4) is 0 Å². The van der Waals surface area contributed by atoms with Crippen LogP contribution in [0.1, 0.15) is 5.56 Å². The minimum Gasteiger partial charge on any atom is -0.339 e. The number of amides is 1. The highest BCUT2D eigenvalue weighted by molar-refractivity contribution is 7.99. The Morgan fingerprint density at radius 3 is 2.73 bits per heavy atom. The Morgan fingerprint density at radius 2 is 1.97 bits per heavy atom. The second kappa shape index (κ2) is 9.50. The number of allylic oxidation sites excluding steroid dienone is 1. The van der Waals surface area contributed by atoms with Crippen LogP contribution in [0.15, 0.2) is 63.7 Å². The molecular weight excluding hydrogens is 456 g/mol. The number of hydrogen-bond acceptors (Lipinski definition) is 7. The molecule has 5 rings (SSSR count). The first-order valence-corrected chi connectivity index (χ1v) is 12.7. The average Bonchev–Trinajstić information content (AvgIpc) is 3.51. The van der Waals surface area contributed by atoms with E-state index in [-0.39, 0.29) is 17.2 Å². The van der Waals surface area contributed by atoms with E-state index in [2.05, 4.69) is 38.5 Å². The van der Waals surface area contributed by atoms with Gasteiger partial charge in [-0.1, -0.05) is 30.0 Å². The number of thiophene rings is 1. The summed E-state index contributed by atoms with van der Waals surface area (Å²) in [5.41, 5.74) is 1.94. The third-order valence-electron chi connectivity index (χ3n) is 5.83. The van der Waals surface area contributed by atoms with Crippen molar-refractivity contribution in [3.05, 3.63) is 69.7 Å². The van der Waals surface area contributed by atoms with E-state index >= 15 is 0 Å². The van der Waals surface area contributed by atoms with Crippen LogP contribution >= 0.6 is 23.1 Å². The van der Waals surface area contributed by atoms with Crippen LogP contribution in [0, 0.1) is 0 Å². The third-order valence-corrected chi connectivity index (χ3v) is 7.47. The van der Waals surface area contributed by atoms with Crippen molar-refractivity contribution in [1.29, 1.82) is 0 Å². The molecule has 3 aromatic heterocycles. The van der Waals surface area contributed by atoms with Crippen LogP contribution in [-0.4, -0.2) is 66.8 Å². The summed E-state index contributed by atoms with van der Waals surface area (Å²) in [4.78, 5) is 30.1. The molecule has 4 heterocycles. The highest BCUT2D eigenvalue weighted by Crippen LogP contribution is 2.22. The Labute approximate surface area is 199 Å². The summed E-state index contributed by atoms with van der Waals surface area (Å²) in [5, 5.41) is 14.0. The number of piperazine rings is 1. The number of benzene rings is 1. The number of para-hydroxylation sites is 1. The molecular formula is C23H24N6O2S2. The molecule has 0 aliphatic carbocycles. The average molecular weight is 481 g/mol. The number of rotatable bonds is 7. The van der Waals surface area contributed by atoms with Crippen LogP contribution < -0.4 is 5.56 Å². The zero-order valence-corrected chi connectivity index (χ0v) is 19.7. The lowest BCUT2D eigenvalue weighted by Crippen LogP contribution is -2.48. The summed E-state index contributed by atoms with van der Waals surface area (Å²) < 4.78 is 3.41. The van der Waals surface area contributed by atoms with Gasteiger partial charge in [-0.3, -0.25) is 23.5 Å².